The SMILES string of the molecule is CC(C(=O)N1CCCCC1CCN)c1ccccc1. The van der Waals surface area contributed by atoms with Crippen LogP contribution >= 0.6 is 0 Å². The summed E-state index contributed by atoms with van der Waals surface area (Å²) >= 11 is 0. The van der Waals surface area contributed by atoms with E-state index >= 15 is 0 Å². The summed E-state index contributed by atoms with van der Waals surface area (Å²) in [6.07, 6.45) is 4.36. The number of amides is 1. The molecular weight excluding hydrogens is 236 g/mol. The summed E-state index contributed by atoms with van der Waals surface area (Å²) in [5.74, 6) is 0.198. The number of rotatable bonds is 4. The third-order valence-corrected chi connectivity index (χ3v) is 4.08. The van der Waals surface area contributed by atoms with Crippen LogP contribution in [0, 0.1) is 0 Å². The second-order valence-electron chi connectivity index (χ2n) is 5.39. The van der Waals surface area contributed by atoms with Crippen molar-refractivity contribution in [2.45, 2.75) is 44.6 Å². The van der Waals surface area contributed by atoms with Crippen LogP contribution in [0.4, 0.5) is 0 Å². The number of carbonyl (C=O) groups is 1. The summed E-state index contributed by atoms with van der Waals surface area (Å²) < 4.78 is 0. The summed E-state index contributed by atoms with van der Waals surface area (Å²) in [6.45, 7) is 3.56. The molecule has 2 N–H and O–H groups in total. The molecule has 1 aromatic rings. The zero-order chi connectivity index (χ0) is 13.7. The first-order valence-corrected chi connectivity index (χ1v) is 7.29. The summed E-state index contributed by atoms with van der Waals surface area (Å²) in [5, 5.41) is 0. The highest BCUT2D eigenvalue weighted by Gasteiger charge is 2.29. The van der Waals surface area contributed by atoms with Crippen LogP contribution in [-0.4, -0.2) is 29.9 Å². The van der Waals surface area contributed by atoms with Gasteiger partial charge in [-0.3, -0.25) is 4.79 Å². The maximum Gasteiger partial charge on any atom is 0.230 e. The lowest BCUT2D eigenvalue weighted by Crippen LogP contribution is -2.46. The highest BCUT2D eigenvalue weighted by molar-refractivity contribution is 5.83. The van der Waals surface area contributed by atoms with Crippen molar-refractivity contribution in [2.24, 2.45) is 5.73 Å². The maximum absolute atomic E-state index is 12.7. The highest BCUT2D eigenvalue weighted by Crippen LogP contribution is 2.25. The van der Waals surface area contributed by atoms with E-state index < -0.39 is 0 Å². The molecule has 0 aliphatic carbocycles. The van der Waals surface area contributed by atoms with Gasteiger partial charge in [0, 0.05) is 12.6 Å². The number of carbonyl (C=O) groups excluding carboxylic acids is 1. The van der Waals surface area contributed by atoms with Gasteiger partial charge in [-0.2, -0.15) is 0 Å². The summed E-state index contributed by atoms with van der Waals surface area (Å²) in [6, 6.07) is 10.4. The Morgan fingerprint density at radius 1 is 1.37 bits per heavy atom. The van der Waals surface area contributed by atoms with E-state index in [9.17, 15) is 4.79 Å². The molecule has 2 rings (SSSR count). The Labute approximate surface area is 115 Å². The molecule has 0 saturated carbocycles. The average molecular weight is 260 g/mol. The standard InChI is InChI=1S/C16H24N2O/c1-13(14-7-3-2-4-8-14)16(19)18-12-6-5-9-15(18)10-11-17/h2-4,7-8,13,15H,5-6,9-12,17H2,1H3. The summed E-state index contributed by atoms with van der Waals surface area (Å²) in [5.41, 5.74) is 6.77. The lowest BCUT2D eigenvalue weighted by molar-refractivity contribution is -0.136. The summed E-state index contributed by atoms with van der Waals surface area (Å²) in [4.78, 5) is 14.7. The van der Waals surface area contributed by atoms with Crippen molar-refractivity contribution in [1.29, 1.82) is 0 Å². The number of nitrogens with zero attached hydrogens (tertiary/aromatic N) is 1. The van der Waals surface area contributed by atoms with E-state index in [-0.39, 0.29) is 11.8 Å². The molecule has 1 saturated heterocycles. The van der Waals surface area contributed by atoms with Gasteiger partial charge < -0.3 is 10.6 Å². The van der Waals surface area contributed by atoms with Gasteiger partial charge >= 0.3 is 0 Å². The van der Waals surface area contributed by atoms with E-state index in [1.54, 1.807) is 0 Å². The molecule has 2 unspecified atom stereocenters. The highest BCUT2D eigenvalue weighted by atomic mass is 16.2. The van der Waals surface area contributed by atoms with Gasteiger partial charge in [-0.1, -0.05) is 30.3 Å². The number of hydrogen-bond acceptors (Lipinski definition) is 2. The lowest BCUT2D eigenvalue weighted by atomic mass is 9.94. The van der Waals surface area contributed by atoms with Gasteiger partial charge in [0.05, 0.1) is 5.92 Å². The van der Waals surface area contributed by atoms with E-state index in [2.05, 4.69) is 4.90 Å². The minimum Gasteiger partial charge on any atom is -0.339 e. The number of likely N-dealkylation sites (tertiary alicyclic amines) is 1. The molecule has 1 aliphatic rings. The number of hydrogen-bond donors (Lipinski definition) is 1. The Morgan fingerprint density at radius 2 is 2.11 bits per heavy atom. The number of nitrogens with two attached hydrogens (primary N) is 1. The normalized spacial score (nSPS) is 21.2. The molecular formula is C16H24N2O. The molecule has 0 bridgehead atoms. The quantitative estimate of drug-likeness (QED) is 0.904. The van der Waals surface area contributed by atoms with Gasteiger partial charge in [0.2, 0.25) is 5.91 Å². The molecule has 1 aromatic carbocycles. The van der Waals surface area contributed by atoms with Crippen LogP contribution in [0.25, 0.3) is 0 Å². The molecule has 19 heavy (non-hydrogen) atoms. The van der Waals surface area contributed by atoms with E-state index in [1.807, 2.05) is 37.3 Å². The maximum atomic E-state index is 12.7. The van der Waals surface area contributed by atoms with Crippen molar-refractivity contribution in [3.05, 3.63) is 35.9 Å². The first-order chi connectivity index (χ1) is 9.24. The average Bonchev–Trinajstić information content (AvgIpc) is 2.47. The minimum absolute atomic E-state index is 0.0559. The molecule has 0 aromatic heterocycles. The molecule has 0 spiro atoms. The monoisotopic (exact) mass is 260 g/mol. The molecule has 1 heterocycles. The van der Waals surface area contributed by atoms with Gasteiger partial charge in [-0.15, -0.1) is 0 Å². The van der Waals surface area contributed by atoms with Crippen LogP contribution in [0.5, 0.6) is 0 Å². The third kappa shape index (κ3) is 3.35. The fourth-order valence-electron chi connectivity index (χ4n) is 2.92. The zero-order valence-corrected chi connectivity index (χ0v) is 11.7. The smallest absolute Gasteiger partial charge is 0.230 e. The fourth-order valence-corrected chi connectivity index (χ4v) is 2.92. The van der Waals surface area contributed by atoms with Gasteiger partial charge in [-0.05, 0) is 44.7 Å². The Kier molecular flexibility index (Phi) is 4.97. The van der Waals surface area contributed by atoms with Crippen LogP contribution in [0.2, 0.25) is 0 Å². The minimum atomic E-state index is -0.0559. The van der Waals surface area contributed by atoms with Crippen molar-refractivity contribution < 1.29 is 4.79 Å². The Hall–Kier alpha value is -1.35. The van der Waals surface area contributed by atoms with Crippen molar-refractivity contribution in [3.8, 4) is 0 Å². The second kappa shape index (κ2) is 6.71. The zero-order valence-electron chi connectivity index (χ0n) is 11.7. The molecule has 104 valence electrons. The van der Waals surface area contributed by atoms with Crippen molar-refractivity contribution >= 4 is 5.91 Å². The Morgan fingerprint density at radius 3 is 2.79 bits per heavy atom. The summed E-state index contributed by atoms with van der Waals surface area (Å²) in [7, 11) is 0. The third-order valence-electron chi connectivity index (χ3n) is 4.08. The van der Waals surface area contributed by atoms with Crippen LogP contribution in [0.3, 0.4) is 0 Å². The first-order valence-electron chi connectivity index (χ1n) is 7.29. The largest absolute Gasteiger partial charge is 0.339 e. The van der Waals surface area contributed by atoms with E-state index in [0.29, 0.717) is 12.6 Å². The van der Waals surface area contributed by atoms with E-state index in [0.717, 1.165) is 31.4 Å². The molecule has 1 amide bonds. The van der Waals surface area contributed by atoms with E-state index in [4.69, 9.17) is 5.73 Å². The van der Waals surface area contributed by atoms with Crippen LogP contribution in [-0.2, 0) is 4.79 Å². The van der Waals surface area contributed by atoms with Gasteiger partial charge in [-0.25, -0.2) is 0 Å². The van der Waals surface area contributed by atoms with Gasteiger partial charge in [0.1, 0.15) is 0 Å². The Bertz CT molecular complexity index is 402. The predicted octanol–water partition coefficient (Wildman–Crippen LogP) is 2.52. The number of benzene rings is 1. The van der Waals surface area contributed by atoms with Crippen molar-refractivity contribution in [3.63, 3.8) is 0 Å². The molecule has 1 fully saturated rings. The van der Waals surface area contributed by atoms with Gasteiger partial charge in [0.15, 0.2) is 0 Å². The molecule has 0 radical (unpaired) electrons. The molecule has 3 nitrogen and oxygen atoms in total. The van der Waals surface area contributed by atoms with Crippen LogP contribution < -0.4 is 5.73 Å². The second-order valence-corrected chi connectivity index (χ2v) is 5.39. The fraction of sp³-hybridized carbons (Fsp3) is 0.562. The first kappa shape index (κ1) is 14.1. The molecule has 3 heteroatoms. The van der Waals surface area contributed by atoms with Crippen LogP contribution in [0.1, 0.15) is 44.1 Å². The van der Waals surface area contributed by atoms with Crippen LogP contribution in [0.15, 0.2) is 30.3 Å². The Balaban J connectivity index is 2.08. The lowest BCUT2D eigenvalue weighted by Gasteiger charge is -2.37. The predicted molar refractivity (Wildman–Crippen MR) is 77.9 cm³/mol. The van der Waals surface area contributed by atoms with Gasteiger partial charge in [0.25, 0.3) is 0 Å². The topological polar surface area (TPSA) is 46.3 Å². The van der Waals surface area contributed by atoms with Crippen molar-refractivity contribution in [2.75, 3.05) is 13.1 Å². The number of piperidine rings is 1. The van der Waals surface area contributed by atoms with Crippen molar-refractivity contribution in [1.82, 2.24) is 4.90 Å². The molecule has 2 atom stereocenters. The van der Waals surface area contributed by atoms with E-state index in [1.165, 1.54) is 6.42 Å². The molecule has 1 aliphatic heterocycles.